The minimum atomic E-state index is 0.331. The van der Waals surface area contributed by atoms with Crippen LogP contribution in [0.4, 0.5) is 0 Å². The lowest BCUT2D eigenvalue weighted by Gasteiger charge is -1.98. The number of hydrogen-bond acceptors (Lipinski definition) is 1. The summed E-state index contributed by atoms with van der Waals surface area (Å²) in [6.45, 7) is 0.331. The van der Waals surface area contributed by atoms with Crippen LogP contribution < -0.4 is 0 Å². The van der Waals surface area contributed by atoms with Gasteiger partial charge in [-0.05, 0) is 36.0 Å². The number of hydrogen-bond donors (Lipinski definition) is 1. The van der Waals surface area contributed by atoms with Gasteiger partial charge in [-0.25, -0.2) is 0 Å². The van der Waals surface area contributed by atoms with Crippen molar-refractivity contribution in [1.82, 2.24) is 0 Å². The molecule has 1 aromatic rings. The van der Waals surface area contributed by atoms with E-state index in [0.29, 0.717) is 18.4 Å². The van der Waals surface area contributed by atoms with Crippen molar-refractivity contribution in [3.05, 3.63) is 34.3 Å². The quantitative estimate of drug-likeness (QED) is 0.823. The zero-order chi connectivity index (χ0) is 8.55. The standard InChI is InChI=1S/C10H11BrO/c11-9-3-1-2-7(4-9)10-5-8(10)6-12/h1-4,8,10,12H,5-6H2. The van der Waals surface area contributed by atoms with Crippen LogP contribution in [0.25, 0.3) is 0 Å². The van der Waals surface area contributed by atoms with Crippen LogP contribution in [0.5, 0.6) is 0 Å². The third-order valence-corrected chi connectivity index (χ3v) is 2.93. The van der Waals surface area contributed by atoms with Crippen molar-refractivity contribution in [3.63, 3.8) is 0 Å². The fraction of sp³-hybridized carbons (Fsp3) is 0.400. The van der Waals surface area contributed by atoms with Gasteiger partial charge in [0.15, 0.2) is 0 Å². The van der Waals surface area contributed by atoms with Gasteiger partial charge in [-0.1, -0.05) is 28.1 Å². The lowest BCUT2D eigenvalue weighted by atomic mass is 10.1. The topological polar surface area (TPSA) is 20.2 Å². The second-order valence-electron chi connectivity index (χ2n) is 3.34. The fourth-order valence-electron chi connectivity index (χ4n) is 1.59. The molecule has 0 aromatic heterocycles. The molecular weight excluding hydrogens is 216 g/mol. The molecule has 0 saturated heterocycles. The highest BCUT2D eigenvalue weighted by Gasteiger charge is 2.37. The molecule has 1 aromatic carbocycles. The largest absolute Gasteiger partial charge is 0.396 e. The van der Waals surface area contributed by atoms with Crippen molar-refractivity contribution in [3.8, 4) is 0 Å². The number of halogens is 1. The van der Waals surface area contributed by atoms with Crippen LogP contribution in [0.1, 0.15) is 17.9 Å². The van der Waals surface area contributed by atoms with Crippen LogP contribution in [-0.2, 0) is 0 Å². The van der Waals surface area contributed by atoms with E-state index in [1.165, 1.54) is 5.56 Å². The SMILES string of the molecule is OCC1CC1c1cccc(Br)c1. The average Bonchev–Trinajstić information content (AvgIpc) is 2.83. The van der Waals surface area contributed by atoms with E-state index in [4.69, 9.17) is 5.11 Å². The van der Waals surface area contributed by atoms with Gasteiger partial charge >= 0.3 is 0 Å². The number of aliphatic hydroxyl groups excluding tert-OH is 1. The van der Waals surface area contributed by atoms with Crippen molar-refractivity contribution < 1.29 is 5.11 Å². The van der Waals surface area contributed by atoms with Crippen molar-refractivity contribution in [1.29, 1.82) is 0 Å². The molecule has 0 radical (unpaired) electrons. The summed E-state index contributed by atoms with van der Waals surface area (Å²) < 4.78 is 1.13. The Balaban J connectivity index is 2.14. The molecule has 0 aliphatic heterocycles. The Morgan fingerprint density at radius 3 is 2.92 bits per heavy atom. The molecule has 2 atom stereocenters. The van der Waals surface area contributed by atoms with Crippen LogP contribution in [0, 0.1) is 5.92 Å². The first-order valence-electron chi connectivity index (χ1n) is 4.17. The first kappa shape index (κ1) is 8.27. The molecule has 1 N–H and O–H groups in total. The smallest absolute Gasteiger partial charge is 0.0465 e. The second kappa shape index (κ2) is 3.19. The summed E-state index contributed by atoms with van der Waals surface area (Å²) in [5.41, 5.74) is 1.35. The van der Waals surface area contributed by atoms with Gasteiger partial charge in [-0.2, -0.15) is 0 Å². The van der Waals surface area contributed by atoms with Gasteiger partial charge in [0.05, 0.1) is 0 Å². The van der Waals surface area contributed by atoms with Crippen molar-refractivity contribution in [2.75, 3.05) is 6.61 Å². The predicted molar refractivity (Wildman–Crippen MR) is 52.1 cm³/mol. The Morgan fingerprint density at radius 2 is 2.33 bits per heavy atom. The highest BCUT2D eigenvalue weighted by atomic mass is 79.9. The maximum absolute atomic E-state index is 8.90. The Kier molecular flexibility index (Phi) is 2.20. The maximum atomic E-state index is 8.90. The van der Waals surface area contributed by atoms with E-state index < -0.39 is 0 Å². The Labute approximate surface area is 80.5 Å². The van der Waals surface area contributed by atoms with Crippen molar-refractivity contribution in [2.45, 2.75) is 12.3 Å². The molecule has 1 nitrogen and oxygen atoms in total. The summed E-state index contributed by atoms with van der Waals surface area (Å²) >= 11 is 3.44. The first-order valence-corrected chi connectivity index (χ1v) is 4.97. The normalized spacial score (nSPS) is 27.2. The van der Waals surface area contributed by atoms with Gasteiger partial charge in [0, 0.05) is 11.1 Å². The third-order valence-electron chi connectivity index (χ3n) is 2.43. The van der Waals surface area contributed by atoms with Crippen LogP contribution in [0.2, 0.25) is 0 Å². The van der Waals surface area contributed by atoms with Gasteiger partial charge in [0.1, 0.15) is 0 Å². The van der Waals surface area contributed by atoms with Crippen molar-refractivity contribution in [2.24, 2.45) is 5.92 Å². The van der Waals surface area contributed by atoms with E-state index in [1.54, 1.807) is 0 Å². The van der Waals surface area contributed by atoms with E-state index in [9.17, 15) is 0 Å². The van der Waals surface area contributed by atoms with Gasteiger partial charge in [-0.3, -0.25) is 0 Å². The lowest BCUT2D eigenvalue weighted by molar-refractivity contribution is 0.274. The average molecular weight is 227 g/mol. The fourth-order valence-corrected chi connectivity index (χ4v) is 2.01. The number of aliphatic hydroxyl groups is 1. The molecule has 1 fully saturated rings. The lowest BCUT2D eigenvalue weighted by Crippen LogP contribution is -1.88. The van der Waals surface area contributed by atoms with Crippen LogP contribution >= 0.6 is 15.9 Å². The summed E-state index contributed by atoms with van der Waals surface area (Å²) in [7, 11) is 0. The molecule has 12 heavy (non-hydrogen) atoms. The summed E-state index contributed by atoms with van der Waals surface area (Å²) in [5, 5.41) is 8.90. The highest BCUT2D eigenvalue weighted by Crippen LogP contribution is 2.47. The molecule has 2 unspecified atom stereocenters. The highest BCUT2D eigenvalue weighted by molar-refractivity contribution is 9.10. The first-order chi connectivity index (χ1) is 5.81. The van der Waals surface area contributed by atoms with Gasteiger partial charge < -0.3 is 5.11 Å². The molecule has 2 rings (SSSR count). The van der Waals surface area contributed by atoms with Gasteiger partial charge in [-0.15, -0.1) is 0 Å². The summed E-state index contributed by atoms with van der Waals surface area (Å²) in [4.78, 5) is 0. The zero-order valence-corrected chi connectivity index (χ0v) is 8.29. The maximum Gasteiger partial charge on any atom is 0.0465 e. The molecule has 1 saturated carbocycles. The summed E-state index contributed by atoms with van der Waals surface area (Å²) in [5.74, 6) is 1.12. The molecule has 0 spiro atoms. The molecule has 1 aliphatic carbocycles. The second-order valence-corrected chi connectivity index (χ2v) is 4.26. The summed E-state index contributed by atoms with van der Waals surface area (Å²) in [6.07, 6.45) is 1.15. The van der Waals surface area contributed by atoms with Gasteiger partial charge in [0.2, 0.25) is 0 Å². The van der Waals surface area contributed by atoms with Crippen LogP contribution in [0.15, 0.2) is 28.7 Å². The molecule has 1 aliphatic rings. The number of benzene rings is 1. The predicted octanol–water partition coefficient (Wildman–Crippen LogP) is 2.54. The third kappa shape index (κ3) is 1.54. The Morgan fingerprint density at radius 1 is 1.50 bits per heavy atom. The van der Waals surface area contributed by atoms with E-state index in [0.717, 1.165) is 10.9 Å². The van der Waals surface area contributed by atoms with Gasteiger partial charge in [0.25, 0.3) is 0 Å². The van der Waals surface area contributed by atoms with E-state index in [2.05, 4.69) is 28.1 Å². The van der Waals surface area contributed by atoms with Crippen LogP contribution in [0.3, 0.4) is 0 Å². The monoisotopic (exact) mass is 226 g/mol. The Hall–Kier alpha value is -0.340. The molecular formula is C10H11BrO. The van der Waals surface area contributed by atoms with E-state index >= 15 is 0 Å². The number of rotatable bonds is 2. The molecule has 0 heterocycles. The molecule has 0 bridgehead atoms. The minimum Gasteiger partial charge on any atom is -0.396 e. The van der Waals surface area contributed by atoms with Crippen LogP contribution in [-0.4, -0.2) is 11.7 Å². The zero-order valence-electron chi connectivity index (χ0n) is 6.70. The molecule has 2 heteroatoms. The molecule has 64 valence electrons. The van der Waals surface area contributed by atoms with Crippen molar-refractivity contribution >= 4 is 15.9 Å². The molecule has 0 amide bonds. The summed E-state index contributed by atoms with van der Waals surface area (Å²) in [6, 6.07) is 8.34. The van der Waals surface area contributed by atoms with E-state index in [-0.39, 0.29) is 0 Å². The Bertz CT molecular complexity index is 285. The minimum absolute atomic E-state index is 0.331. The van der Waals surface area contributed by atoms with E-state index in [1.807, 2.05) is 12.1 Å².